The molecule has 0 radical (unpaired) electrons. The second-order valence-corrected chi connectivity index (χ2v) is 2.82. The van der Waals surface area contributed by atoms with Crippen molar-refractivity contribution >= 4 is 17.4 Å². The van der Waals surface area contributed by atoms with E-state index >= 15 is 0 Å². The third kappa shape index (κ3) is 0.853. The Hall–Kier alpha value is -1.84. The normalized spacial score (nSPS) is 14.2. The zero-order valence-corrected chi connectivity index (χ0v) is 6.84. The lowest BCUT2D eigenvalue weighted by atomic mass is 10.3. The fraction of sp³-hybridized carbons (Fsp3) is 0.111. The van der Waals surface area contributed by atoms with E-state index in [1.807, 2.05) is 28.8 Å². The number of para-hydroxylation sites is 2. The van der Waals surface area contributed by atoms with Gasteiger partial charge < -0.3 is 4.74 Å². The number of rotatable bonds is 0. The Morgan fingerprint density at radius 1 is 1.31 bits per heavy atom. The standard InChI is InChI=1S/C9H7N3O/c1-2-4-8-7(3-1)11-9-12(8)5-10-6-13-9/h1-5H,6H2. The second kappa shape index (κ2) is 2.32. The maximum absolute atomic E-state index is 5.26. The second-order valence-electron chi connectivity index (χ2n) is 2.82. The number of aliphatic imine (C=N–C) groups is 1. The largest absolute Gasteiger partial charge is 0.441 e. The molecule has 1 aliphatic rings. The van der Waals surface area contributed by atoms with Crippen LogP contribution in [0.15, 0.2) is 29.3 Å². The van der Waals surface area contributed by atoms with Crippen molar-refractivity contribution < 1.29 is 4.74 Å². The van der Waals surface area contributed by atoms with Crippen molar-refractivity contribution in [2.45, 2.75) is 0 Å². The summed E-state index contributed by atoms with van der Waals surface area (Å²) in [6.07, 6.45) is 1.74. The molecule has 1 aliphatic heterocycles. The zero-order chi connectivity index (χ0) is 8.67. The maximum atomic E-state index is 5.26. The summed E-state index contributed by atoms with van der Waals surface area (Å²) in [7, 11) is 0. The van der Waals surface area contributed by atoms with E-state index in [2.05, 4.69) is 9.98 Å². The first-order valence-electron chi connectivity index (χ1n) is 4.05. The molecular formula is C9H7N3O. The summed E-state index contributed by atoms with van der Waals surface area (Å²) in [6, 6.07) is 8.50. The minimum atomic E-state index is 0.364. The molecule has 0 spiro atoms. The molecule has 0 unspecified atom stereocenters. The smallest absolute Gasteiger partial charge is 0.304 e. The van der Waals surface area contributed by atoms with Crippen LogP contribution in [-0.4, -0.2) is 22.6 Å². The van der Waals surface area contributed by atoms with Gasteiger partial charge in [-0.15, -0.1) is 0 Å². The average molecular weight is 173 g/mol. The Morgan fingerprint density at radius 3 is 3.23 bits per heavy atom. The highest BCUT2D eigenvalue weighted by molar-refractivity contribution is 5.84. The first kappa shape index (κ1) is 6.65. The number of ether oxygens (including phenoxy) is 1. The Labute approximate surface area is 74.5 Å². The Balaban J connectivity index is 2.42. The van der Waals surface area contributed by atoms with Crippen molar-refractivity contribution in [3.8, 4) is 6.01 Å². The third-order valence-corrected chi connectivity index (χ3v) is 2.03. The van der Waals surface area contributed by atoms with Crippen LogP contribution in [0, 0.1) is 0 Å². The molecule has 0 bridgehead atoms. The fourth-order valence-electron chi connectivity index (χ4n) is 1.45. The summed E-state index contributed by atoms with van der Waals surface area (Å²) in [5.74, 6) is 0. The highest BCUT2D eigenvalue weighted by atomic mass is 16.5. The Bertz CT molecular complexity index is 487. The summed E-state index contributed by atoms with van der Waals surface area (Å²) in [4.78, 5) is 8.32. The highest BCUT2D eigenvalue weighted by Gasteiger charge is 2.11. The van der Waals surface area contributed by atoms with Crippen molar-refractivity contribution in [2.75, 3.05) is 6.73 Å². The molecule has 0 amide bonds. The summed E-state index contributed by atoms with van der Waals surface area (Å²) >= 11 is 0. The van der Waals surface area contributed by atoms with Crippen LogP contribution < -0.4 is 4.74 Å². The van der Waals surface area contributed by atoms with Crippen LogP contribution in [0.25, 0.3) is 11.0 Å². The number of imidazole rings is 1. The summed E-state index contributed by atoms with van der Waals surface area (Å²) in [6.45, 7) is 0.364. The van der Waals surface area contributed by atoms with Crippen molar-refractivity contribution in [3.63, 3.8) is 0 Å². The molecule has 2 heterocycles. The Morgan fingerprint density at radius 2 is 2.23 bits per heavy atom. The number of benzene rings is 1. The molecular weight excluding hydrogens is 166 g/mol. The van der Waals surface area contributed by atoms with E-state index in [0.29, 0.717) is 12.7 Å². The summed E-state index contributed by atoms with van der Waals surface area (Å²) in [5.41, 5.74) is 1.96. The van der Waals surface area contributed by atoms with E-state index in [9.17, 15) is 0 Å². The number of aromatic nitrogens is 2. The van der Waals surface area contributed by atoms with Crippen LogP contribution >= 0.6 is 0 Å². The monoisotopic (exact) mass is 173 g/mol. The third-order valence-electron chi connectivity index (χ3n) is 2.03. The van der Waals surface area contributed by atoms with Crippen molar-refractivity contribution in [2.24, 2.45) is 4.99 Å². The molecule has 2 aromatic rings. The van der Waals surface area contributed by atoms with Gasteiger partial charge in [-0.2, -0.15) is 4.98 Å². The lowest BCUT2D eigenvalue weighted by Crippen LogP contribution is -2.09. The van der Waals surface area contributed by atoms with Crippen molar-refractivity contribution in [1.82, 2.24) is 9.55 Å². The van der Waals surface area contributed by atoms with Gasteiger partial charge >= 0.3 is 6.01 Å². The molecule has 13 heavy (non-hydrogen) atoms. The van der Waals surface area contributed by atoms with Gasteiger partial charge in [0.2, 0.25) is 0 Å². The lowest BCUT2D eigenvalue weighted by molar-refractivity contribution is 0.295. The van der Waals surface area contributed by atoms with E-state index in [1.165, 1.54) is 0 Å². The van der Waals surface area contributed by atoms with Crippen molar-refractivity contribution in [1.29, 1.82) is 0 Å². The van der Waals surface area contributed by atoms with E-state index in [1.54, 1.807) is 6.34 Å². The minimum absolute atomic E-state index is 0.364. The van der Waals surface area contributed by atoms with E-state index < -0.39 is 0 Å². The van der Waals surface area contributed by atoms with Crippen LogP contribution in [0.5, 0.6) is 6.01 Å². The predicted octanol–water partition coefficient (Wildman–Crippen LogP) is 1.26. The van der Waals surface area contributed by atoms with Gasteiger partial charge in [-0.3, -0.25) is 4.57 Å². The van der Waals surface area contributed by atoms with Gasteiger partial charge in [0.1, 0.15) is 6.34 Å². The number of fused-ring (bicyclic) bond motifs is 3. The van der Waals surface area contributed by atoms with Crippen LogP contribution in [-0.2, 0) is 0 Å². The van der Waals surface area contributed by atoms with Gasteiger partial charge in [0.05, 0.1) is 11.0 Å². The van der Waals surface area contributed by atoms with Gasteiger partial charge in [-0.05, 0) is 12.1 Å². The van der Waals surface area contributed by atoms with E-state index in [-0.39, 0.29) is 0 Å². The number of nitrogens with zero attached hydrogens (tertiary/aromatic N) is 3. The van der Waals surface area contributed by atoms with Crippen LogP contribution in [0.1, 0.15) is 0 Å². The zero-order valence-electron chi connectivity index (χ0n) is 6.84. The maximum Gasteiger partial charge on any atom is 0.304 e. The predicted molar refractivity (Wildman–Crippen MR) is 49.1 cm³/mol. The molecule has 64 valence electrons. The molecule has 3 rings (SSSR count). The van der Waals surface area contributed by atoms with Crippen LogP contribution in [0.4, 0.5) is 0 Å². The van der Waals surface area contributed by atoms with Crippen molar-refractivity contribution in [3.05, 3.63) is 24.3 Å². The van der Waals surface area contributed by atoms with Crippen LogP contribution in [0.2, 0.25) is 0 Å². The van der Waals surface area contributed by atoms with Gasteiger partial charge in [-0.1, -0.05) is 12.1 Å². The number of hydrogen-bond donors (Lipinski definition) is 0. The van der Waals surface area contributed by atoms with Gasteiger partial charge in [0.15, 0.2) is 6.73 Å². The van der Waals surface area contributed by atoms with Crippen LogP contribution in [0.3, 0.4) is 0 Å². The quantitative estimate of drug-likeness (QED) is 0.601. The number of hydrogen-bond acceptors (Lipinski definition) is 3. The molecule has 1 aromatic carbocycles. The molecule has 0 saturated heterocycles. The molecule has 1 aromatic heterocycles. The fourth-order valence-corrected chi connectivity index (χ4v) is 1.45. The molecule has 0 aliphatic carbocycles. The molecule has 0 atom stereocenters. The van der Waals surface area contributed by atoms with E-state index in [4.69, 9.17) is 4.74 Å². The first-order chi connectivity index (χ1) is 6.45. The van der Waals surface area contributed by atoms with Gasteiger partial charge in [-0.25, -0.2) is 4.99 Å². The summed E-state index contributed by atoms with van der Waals surface area (Å²) in [5, 5.41) is 0. The van der Waals surface area contributed by atoms with E-state index in [0.717, 1.165) is 11.0 Å². The average Bonchev–Trinajstić information content (AvgIpc) is 2.56. The first-order valence-corrected chi connectivity index (χ1v) is 4.05. The molecule has 0 N–H and O–H groups in total. The van der Waals surface area contributed by atoms with Gasteiger partial charge in [0.25, 0.3) is 0 Å². The topological polar surface area (TPSA) is 39.4 Å². The highest BCUT2D eigenvalue weighted by Crippen LogP contribution is 2.20. The summed E-state index contributed by atoms with van der Waals surface area (Å²) < 4.78 is 7.11. The lowest BCUT2D eigenvalue weighted by Gasteiger charge is -2.07. The molecule has 0 fully saturated rings. The minimum Gasteiger partial charge on any atom is -0.441 e. The molecule has 4 nitrogen and oxygen atoms in total. The Kier molecular flexibility index (Phi) is 1.19. The van der Waals surface area contributed by atoms with Gasteiger partial charge in [0, 0.05) is 0 Å². The molecule has 0 saturated carbocycles. The SMILES string of the molecule is C1=NCOc2nc3ccccc3n21. The molecule has 4 heteroatoms.